The van der Waals surface area contributed by atoms with Gasteiger partial charge in [0.15, 0.2) is 0 Å². The van der Waals surface area contributed by atoms with Crippen LogP contribution < -0.4 is 10.6 Å². The van der Waals surface area contributed by atoms with Gasteiger partial charge < -0.3 is 20.3 Å². The van der Waals surface area contributed by atoms with Crippen LogP contribution in [0.5, 0.6) is 0 Å². The van der Waals surface area contributed by atoms with Crippen LogP contribution in [0.3, 0.4) is 0 Å². The van der Waals surface area contributed by atoms with Gasteiger partial charge in [0.05, 0.1) is 24.2 Å². The molecule has 0 spiro atoms. The van der Waals surface area contributed by atoms with Crippen molar-refractivity contribution in [1.82, 2.24) is 25.1 Å². The number of hydrogen-bond acceptors (Lipinski definition) is 8. The quantitative estimate of drug-likeness (QED) is 0.117. The number of hydrogen-bond donors (Lipinski definition) is 3. The van der Waals surface area contributed by atoms with Crippen LogP contribution in [0.2, 0.25) is 0 Å². The molecular weight excluding hydrogens is 596 g/mol. The lowest BCUT2D eigenvalue weighted by atomic mass is 10.0. The third-order valence-electron chi connectivity index (χ3n) is 7.28. The molecule has 3 aromatic carbocycles. The van der Waals surface area contributed by atoms with Gasteiger partial charge in [-0.2, -0.15) is 11.8 Å². The standard InChI is InChI=1S/C32H36N6O6S/c1-45-16-13-29(32(41)42)35-31(40)21-36(20-25-7-4-6-24-5-2-3-8-28(24)25)15-14-34-30(39)17-27-18-33-22-37(27)19-23-9-11-26(12-10-23)38(43)44/h2-12,18,22,29H,13-17,19-21H2,1H3,(H,34,39)(H,35,40)(H,41,42)/t29-/m0/s1. The Kier molecular flexibility index (Phi) is 12.0. The van der Waals surface area contributed by atoms with E-state index in [1.807, 2.05) is 58.2 Å². The van der Waals surface area contributed by atoms with Gasteiger partial charge in [-0.3, -0.25) is 24.6 Å². The fraction of sp³-hybridized carbons (Fsp3) is 0.312. The first kappa shape index (κ1) is 33.1. The van der Waals surface area contributed by atoms with Crippen LogP contribution >= 0.6 is 11.8 Å². The Bertz CT molecular complexity index is 1620. The van der Waals surface area contributed by atoms with E-state index in [2.05, 4.69) is 15.6 Å². The third-order valence-corrected chi connectivity index (χ3v) is 7.92. The van der Waals surface area contributed by atoms with Crippen LogP contribution in [-0.2, 0) is 33.9 Å². The molecule has 1 aromatic heterocycles. The van der Waals surface area contributed by atoms with Crippen LogP contribution in [0.4, 0.5) is 5.69 Å². The number of aromatic nitrogens is 2. The van der Waals surface area contributed by atoms with Crippen molar-refractivity contribution in [3.05, 3.63) is 106 Å². The fourth-order valence-corrected chi connectivity index (χ4v) is 5.43. The highest BCUT2D eigenvalue weighted by molar-refractivity contribution is 7.98. The molecule has 1 heterocycles. The molecule has 2 amide bonds. The minimum atomic E-state index is -1.07. The van der Waals surface area contributed by atoms with Crippen LogP contribution in [-0.4, -0.2) is 79.9 Å². The Labute approximate surface area is 265 Å². The maximum absolute atomic E-state index is 13.0. The molecule has 4 rings (SSSR count). The maximum Gasteiger partial charge on any atom is 0.326 e. The first-order chi connectivity index (χ1) is 21.7. The van der Waals surface area contributed by atoms with Crippen molar-refractivity contribution < 1.29 is 24.4 Å². The molecule has 0 saturated carbocycles. The van der Waals surface area contributed by atoms with Crippen molar-refractivity contribution in [2.75, 3.05) is 31.6 Å². The predicted octanol–water partition coefficient (Wildman–Crippen LogP) is 3.48. The van der Waals surface area contributed by atoms with Gasteiger partial charge in [0.1, 0.15) is 6.04 Å². The van der Waals surface area contributed by atoms with E-state index < -0.39 is 22.8 Å². The topological polar surface area (TPSA) is 160 Å². The van der Waals surface area contributed by atoms with Crippen LogP contribution in [0, 0.1) is 10.1 Å². The van der Waals surface area contributed by atoms with Crippen molar-refractivity contribution >= 4 is 46.0 Å². The van der Waals surface area contributed by atoms with Crippen LogP contribution in [0.15, 0.2) is 79.3 Å². The number of nitro groups is 1. The fourth-order valence-electron chi connectivity index (χ4n) is 4.96. The van der Waals surface area contributed by atoms with Gasteiger partial charge in [-0.1, -0.05) is 54.6 Å². The number of nitro benzene ring substituents is 1. The largest absolute Gasteiger partial charge is 0.480 e. The number of thioether (sulfide) groups is 1. The zero-order valence-electron chi connectivity index (χ0n) is 24.9. The van der Waals surface area contributed by atoms with E-state index in [-0.39, 0.29) is 31.1 Å². The van der Waals surface area contributed by atoms with E-state index in [1.165, 1.54) is 23.9 Å². The summed E-state index contributed by atoms with van der Waals surface area (Å²) in [7, 11) is 0. The minimum absolute atomic E-state index is 0.00764. The molecule has 0 unspecified atom stereocenters. The smallest absolute Gasteiger partial charge is 0.326 e. The number of amides is 2. The molecule has 1 atom stereocenters. The molecule has 0 saturated heterocycles. The predicted molar refractivity (Wildman–Crippen MR) is 173 cm³/mol. The monoisotopic (exact) mass is 632 g/mol. The van der Waals surface area contributed by atoms with Crippen molar-refractivity contribution in [3.63, 3.8) is 0 Å². The van der Waals surface area contributed by atoms with Crippen molar-refractivity contribution in [2.24, 2.45) is 0 Å². The molecule has 4 aromatic rings. The second-order valence-electron chi connectivity index (χ2n) is 10.6. The number of non-ortho nitro benzene ring substituents is 1. The summed E-state index contributed by atoms with van der Waals surface area (Å²) in [6.45, 7) is 1.41. The number of fused-ring (bicyclic) bond motifs is 1. The van der Waals surface area contributed by atoms with E-state index >= 15 is 0 Å². The molecule has 0 radical (unpaired) electrons. The maximum atomic E-state index is 13.0. The number of nitrogens with one attached hydrogen (secondary N) is 2. The lowest BCUT2D eigenvalue weighted by Gasteiger charge is -2.24. The Hall–Kier alpha value is -4.75. The molecule has 13 heteroatoms. The number of carboxylic acids is 1. The van der Waals surface area contributed by atoms with Crippen LogP contribution in [0.25, 0.3) is 10.8 Å². The first-order valence-corrected chi connectivity index (χ1v) is 15.8. The zero-order chi connectivity index (χ0) is 32.2. The summed E-state index contributed by atoms with van der Waals surface area (Å²) in [6.07, 6.45) is 5.50. The molecule has 0 aliphatic heterocycles. The SMILES string of the molecule is CSCC[C@H](NC(=O)CN(CCNC(=O)Cc1cncn1Cc1ccc([N+](=O)[O-])cc1)Cc1cccc2ccccc12)C(=O)O. The average Bonchev–Trinajstić information content (AvgIpc) is 3.45. The molecule has 0 fully saturated rings. The summed E-state index contributed by atoms with van der Waals surface area (Å²) >= 11 is 1.52. The van der Waals surface area contributed by atoms with Gasteiger partial charge in [0.25, 0.3) is 5.69 Å². The Morgan fingerprint density at radius 2 is 1.82 bits per heavy atom. The summed E-state index contributed by atoms with van der Waals surface area (Å²) in [5.74, 6) is -1.09. The summed E-state index contributed by atoms with van der Waals surface area (Å²) < 4.78 is 1.81. The molecule has 12 nitrogen and oxygen atoms in total. The Morgan fingerprint density at radius 1 is 1.07 bits per heavy atom. The van der Waals surface area contributed by atoms with Crippen LogP contribution in [0.1, 0.15) is 23.2 Å². The second kappa shape index (κ2) is 16.4. The average molecular weight is 633 g/mol. The van der Waals surface area contributed by atoms with Gasteiger partial charge in [0, 0.05) is 50.2 Å². The van der Waals surface area contributed by atoms with Gasteiger partial charge in [-0.25, -0.2) is 9.78 Å². The van der Waals surface area contributed by atoms with E-state index in [9.17, 15) is 29.6 Å². The number of benzene rings is 3. The summed E-state index contributed by atoms with van der Waals surface area (Å²) in [4.78, 5) is 54.1. The van der Waals surface area contributed by atoms with E-state index in [1.54, 1.807) is 24.7 Å². The molecule has 236 valence electrons. The number of imidazole rings is 1. The van der Waals surface area contributed by atoms with Crippen molar-refractivity contribution in [3.8, 4) is 0 Å². The van der Waals surface area contributed by atoms with Gasteiger partial charge in [0.2, 0.25) is 11.8 Å². The molecular formula is C32H36N6O6S. The number of carbonyl (C=O) groups is 3. The normalized spacial score (nSPS) is 11.8. The second-order valence-corrected chi connectivity index (χ2v) is 11.5. The summed E-state index contributed by atoms with van der Waals surface area (Å²) in [5, 5.41) is 28.2. The number of carbonyl (C=O) groups excluding carboxylic acids is 2. The van der Waals surface area contributed by atoms with E-state index in [0.717, 1.165) is 21.9 Å². The number of nitrogens with zero attached hydrogens (tertiary/aromatic N) is 4. The van der Waals surface area contributed by atoms with E-state index in [0.29, 0.717) is 37.5 Å². The highest BCUT2D eigenvalue weighted by atomic mass is 32.2. The molecule has 0 aliphatic carbocycles. The molecule has 0 aliphatic rings. The lowest BCUT2D eigenvalue weighted by Crippen LogP contribution is -2.47. The summed E-state index contributed by atoms with van der Waals surface area (Å²) in [5.41, 5.74) is 2.54. The third kappa shape index (κ3) is 9.88. The Balaban J connectivity index is 1.38. The van der Waals surface area contributed by atoms with E-state index in [4.69, 9.17) is 0 Å². The first-order valence-electron chi connectivity index (χ1n) is 14.4. The molecule has 3 N–H and O–H groups in total. The van der Waals surface area contributed by atoms with Crippen molar-refractivity contribution in [2.45, 2.75) is 32.0 Å². The zero-order valence-corrected chi connectivity index (χ0v) is 25.7. The highest BCUT2D eigenvalue weighted by Crippen LogP contribution is 2.20. The molecule has 45 heavy (non-hydrogen) atoms. The Morgan fingerprint density at radius 3 is 2.56 bits per heavy atom. The lowest BCUT2D eigenvalue weighted by molar-refractivity contribution is -0.384. The highest BCUT2D eigenvalue weighted by Gasteiger charge is 2.21. The summed E-state index contributed by atoms with van der Waals surface area (Å²) in [6, 6.07) is 19.2. The van der Waals surface area contributed by atoms with Gasteiger partial charge in [-0.05, 0) is 40.3 Å². The number of carboxylic acid groups (broad SMARTS) is 1. The number of aliphatic carboxylic acids is 1. The minimum Gasteiger partial charge on any atom is -0.480 e. The molecule has 0 bridgehead atoms. The van der Waals surface area contributed by atoms with Crippen molar-refractivity contribution in [1.29, 1.82) is 0 Å². The number of rotatable bonds is 17. The van der Waals surface area contributed by atoms with Gasteiger partial charge >= 0.3 is 5.97 Å². The van der Waals surface area contributed by atoms with Gasteiger partial charge in [-0.15, -0.1) is 0 Å².